The summed E-state index contributed by atoms with van der Waals surface area (Å²) in [5, 5.41) is 10.6. The van der Waals surface area contributed by atoms with Crippen LogP contribution < -0.4 is 0 Å². The number of rotatable bonds is 77. The average molecular weight is 1450 g/mol. The third-order valence-corrected chi connectivity index (χ3v) is 20.8. The molecule has 17 nitrogen and oxygen atoms in total. The van der Waals surface area contributed by atoms with Crippen LogP contribution in [0.15, 0.2) is 0 Å². The zero-order valence-electron chi connectivity index (χ0n) is 65.1. The van der Waals surface area contributed by atoms with E-state index in [2.05, 4.69) is 55.4 Å². The van der Waals surface area contributed by atoms with Crippen LogP contribution in [0.2, 0.25) is 0 Å². The van der Waals surface area contributed by atoms with E-state index in [0.717, 1.165) is 114 Å². The fourth-order valence-electron chi connectivity index (χ4n) is 12.2. The van der Waals surface area contributed by atoms with Crippen molar-refractivity contribution in [2.45, 2.75) is 427 Å². The fourth-order valence-corrected chi connectivity index (χ4v) is 13.8. The molecule has 0 saturated carbocycles. The lowest BCUT2D eigenvalue weighted by atomic mass is 9.99. The molecule has 0 amide bonds. The number of phosphoric ester groups is 2. The molecule has 3 N–H and O–H groups in total. The van der Waals surface area contributed by atoms with Crippen molar-refractivity contribution in [2.75, 3.05) is 39.6 Å². The Morgan fingerprint density at radius 3 is 0.717 bits per heavy atom. The van der Waals surface area contributed by atoms with Gasteiger partial charge in [-0.15, -0.1) is 0 Å². The maximum Gasteiger partial charge on any atom is 0.472 e. The van der Waals surface area contributed by atoms with E-state index in [4.69, 9.17) is 37.0 Å². The topological polar surface area (TPSA) is 237 Å². The van der Waals surface area contributed by atoms with Crippen LogP contribution in [0, 0.1) is 23.7 Å². The number of carbonyl (C=O) groups is 4. The molecule has 0 aromatic carbocycles. The molecule has 0 fully saturated rings. The first-order chi connectivity index (χ1) is 47.6. The minimum absolute atomic E-state index is 0.106. The van der Waals surface area contributed by atoms with Crippen LogP contribution in [0.3, 0.4) is 0 Å². The molecule has 0 spiro atoms. The molecule has 99 heavy (non-hydrogen) atoms. The van der Waals surface area contributed by atoms with E-state index in [1.165, 1.54) is 212 Å². The summed E-state index contributed by atoms with van der Waals surface area (Å²) in [6.45, 7) is 14.3. The minimum atomic E-state index is -4.96. The van der Waals surface area contributed by atoms with Crippen molar-refractivity contribution in [3.8, 4) is 0 Å². The Kier molecular flexibility index (Phi) is 67.8. The van der Waals surface area contributed by atoms with Crippen LogP contribution in [0.4, 0.5) is 0 Å². The van der Waals surface area contributed by atoms with Crippen molar-refractivity contribution < 1.29 is 80.2 Å². The number of aliphatic hydroxyl groups excluding tert-OH is 1. The van der Waals surface area contributed by atoms with Gasteiger partial charge in [-0.25, -0.2) is 9.13 Å². The lowest BCUT2D eigenvalue weighted by molar-refractivity contribution is -0.161. The highest BCUT2D eigenvalue weighted by Gasteiger charge is 2.30. The third-order valence-electron chi connectivity index (χ3n) is 18.9. The monoisotopic (exact) mass is 1450 g/mol. The summed E-state index contributed by atoms with van der Waals surface area (Å²) in [5.41, 5.74) is 0. The van der Waals surface area contributed by atoms with Gasteiger partial charge in [-0.2, -0.15) is 0 Å². The number of unbranched alkanes of at least 4 members (excludes halogenated alkanes) is 42. The van der Waals surface area contributed by atoms with Gasteiger partial charge in [0.15, 0.2) is 12.2 Å². The Morgan fingerprint density at radius 1 is 0.283 bits per heavy atom. The lowest BCUT2D eigenvalue weighted by Crippen LogP contribution is -2.30. The fraction of sp³-hybridized carbons (Fsp3) is 0.950. The molecule has 0 aromatic rings. The van der Waals surface area contributed by atoms with Crippen LogP contribution in [0.5, 0.6) is 0 Å². The van der Waals surface area contributed by atoms with E-state index in [9.17, 15) is 43.2 Å². The Bertz CT molecular complexity index is 1940. The van der Waals surface area contributed by atoms with Crippen LogP contribution in [0.1, 0.15) is 409 Å². The summed E-state index contributed by atoms with van der Waals surface area (Å²) in [6, 6.07) is 0. The molecule has 0 aliphatic carbocycles. The molecule has 0 aliphatic heterocycles. The van der Waals surface area contributed by atoms with Crippen LogP contribution in [-0.4, -0.2) is 96.7 Å². The normalized spacial score (nSPS) is 14.3. The molecule has 0 aromatic heterocycles. The highest BCUT2D eigenvalue weighted by Crippen LogP contribution is 2.45. The molecule has 3 unspecified atom stereocenters. The second-order valence-corrected chi connectivity index (χ2v) is 33.4. The second-order valence-electron chi connectivity index (χ2n) is 30.5. The number of carbonyl (C=O) groups excluding carboxylic acids is 4. The molecule has 0 saturated heterocycles. The highest BCUT2D eigenvalue weighted by molar-refractivity contribution is 7.47. The van der Waals surface area contributed by atoms with E-state index in [0.29, 0.717) is 25.7 Å². The van der Waals surface area contributed by atoms with E-state index < -0.39 is 97.5 Å². The zero-order valence-corrected chi connectivity index (χ0v) is 66.9. The summed E-state index contributed by atoms with van der Waals surface area (Å²) in [5.74, 6) is 1.03. The van der Waals surface area contributed by atoms with E-state index in [-0.39, 0.29) is 25.7 Å². The second kappa shape index (κ2) is 69.1. The van der Waals surface area contributed by atoms with Crippen molar-refractivity contribution in [2.24, 2.45) is 23.7 Å². The number of aliphatic hydroxyl groups is 1. The standard InChI is InChI=1S/C80H156O17P2/c1-9-73(8)59-51-43-35-27-21-23-31-39-47-55-63-80(85)97-76(67-91-78(83)61-53-45-37-29-22-20-26-34-42-50-58-72(6)7)69-95-99(88,89)93-65-74(81)64-92-98(86,87)94-68-75(96-79(84)62-54-46-38-30-19-15-11-13-17-25-33-41-49-57-71(4)5)66-90-77(82)60-52-44-36-28-18-14-10-12-16-24-32-40-48-56-70(2)3/h70-76,81H,9-69H2,1-8H3,(H,86,87)(H,88,89)/t73?,74-,75-,76-/m1/s1. The molecule has 0 rings (SSSR count). The Balaban J connectivity index is 5.28. The molecule has 0 aliphatic rings. The van der Waals surface area contributed by atoms with Crippen molar-refractivity contribution in [3.63, 3.8) is 0 Å². The quantitative estimate of drug-likeness (QED) is 0.0222. The first kappa shape index (κ1) is 97.1. The third kappa shape index (κ3) is 72.8. The van der Waals surface area contributed by atoms with Gasteiger partial charge in [0.25, 0.3) is 0 Å². The predicted octanol–water partition coefficient (Wildman–Crippen LogP) is 23.6. The lowest BCUT2D eigenvalue weighted by Gasteiger charge is -2.21. The molecular weight excluding hydrogens is 1290 g/mol. The smallest absolute Gasteiger partial charge is 0.462 e. The molecule has 19 heteroatoms. The number of phosphoric acid groups is 2. The van der Waals surface area contributed by atoms with Crippen molar-refractivity contribution in [1.29, 1.82) is 0 Å². The van der Waals surface area contributed by atoms with Crippen LogP contribution in [0.25, 0.3) is 0 Å². The number of hydrogen-bond donors (Lipinski definition) is 3. The van der Waals surface area contributed by atoms with Crippen molar-refractivity contribution >= 4 is 39.5 Å². The number of ether oxygens (including phenoxy) is 4. The average Bonchev–Trinajstić information content (AvgIpc) is 0.965. The van der Waals surface area contributed by atoms with Gasteiger partial charge in [0.05, 0.1) is 26.4 Å². The first-order valence-corrected chi connectivity index (χ1v) is 44.2. The zero-order chi connectivity index (χ0) is 73.1. The first-order valence-electron chi connectivity index (χ1n) is 41.2. The van der Waals surface area contributed by atoms with Crippen molar-refractivity contribution in [3.05, 3.63) is 0 Å². The Hall–Kier alpha value is -1.94. The van der Waals surface area contributed by atoms with Gasteiger partial charge in [-0.1, -0.05) is 357 Å². The van der Waals surface area contributed by atoms with Crippen LogP contribution >= 0.6 is 15.6 Å². The van der Waals surface area contributed by atoms with Gasteiger partial charge in [0.1, 0.15) is 19.3 Å². The van der Waals surface area contributed by atoms with Gasteiger partial charge in [-0.05, 0) is 49.4 Å². The SMILES string of the molecule is CCC(C)CCCCCCCCCCCCC(=O)O[C@H](COC(=O)CCCCCCCCCCCCC(C)C)COP(=O)(O)OC[C@H](O)COP(=O)(O)OC[C@@H](COC(=O)CCCCCCCCCCCCCCCC(C)C)OC(=O)CCCCCCCCCCCCCCCC(C)C. The summed E-state index contributed by atoms with van der Waals surface area (Å²) in [7, 11) is -9.92. The summed E-state index contributed by atoms with van der Waals surface area (Å²) >= 11 is 0. The predicted molar refractivity (Wildman–Crippen MR) is 404 cm³/mol. The van der Waals surface area contributed by atoms with Gasteiger partial charge in [0.2, 0.25) is 0 Å². The van der Waals surface area contributed by atoms with Gasteiger partial charge in [-0.3, -0.25) is 37.3 Å². The summed E-state index contributed by atoms with van der Waals surface area (Å²) < 4.78 is 68.7. The van der Waals surface area contributed by atoms with Crippen LogP contribution in [-0.2, 0) is 65.4 Å². The van der Waals surface area contributed by atoms with E-state index >= 15 is 0 Å². The molecule has 0 radical (unpaired) electrons. The Labute approximate surface area is 607 Å². The molecule has 6 atom stereocenters. The minimum Gasteiger partial charge on any atom is -0.462 e. The van der Waals surface area contributed by atoms with Gasteiger partial charge < -0.3 is 33.8 Å². The number of hydrogen-bond acceptors (Lipinski definition) is 15. The summed E-state index contributed by atoms with van der Waals surface area (Å²) in [4.78, 5) is 73.0. The largest absolute Gasteiger partial charge is 0.472 e. The molecule has 0 bridgehead atoms. The van der Waals surface area contributed by atoms with Gasteiger partial charge >= 0.3 is 39.5 Å². The highest BCUT2D eigenvalue weighted by atomic mass is 31.2. The van der Waals surface area contributed by atoms with Crippen molar-refractivity contribution in [1.82, 2.24) is 0 Å². The molecule has 0 heterocycles. The maximum absolute atomic E-state index is 13.1. The maximum atomic E-state index is 13.1. The molecule has 588 valence electrons. The Morgan fingerprint density at radius 2 is 0.485 bits per heavy atom. The van der Waals surface area contributed by atoms with Gasteiger partial charge in [0, 0.05) is 25.7 Å². The number of esters is 4. The van der Waals surface area contributed by atoms with E-state index in [1.54, 1.807) is 0 Å². The molecular formula is C80H156O17P2. The van der Waals surface area contributed by atoms with E-state index in [1.807, 2.05) is 0 Å². The summed E-state index contributed by atoms with van der Waals surface area (Å²) in [6.07, 6.45) is 55.3.